The zero-order valence-corrected chi connectivity index (χ0v) is 22.2. The smallest absolute Gasteiger partial charge is 0.257 e. The summed E-state index contributed by atoms with van der Waals surface area (Å²) in [5.74, 6) is 1.55. The van der Waals surface area contributed by atoms with Gasteiger partial charge in [0.2, 0.25) is 0 Å². The van der Waals surface area contributed by atoms with E-state index in [9.17, 15) is 9.59 Å². The molecule has 2 N–H and O–H groups in total. The lowest BCUT2D eigenvalue weighted by Gasteiger charge is -2.58. The predicted octanol–water partition coefficient (Wildman–Crippen LogP) is 6.14. The Morgan fingerprint density at radius 2 is 1.68 bits per heavy atom. The molecular weight excluding hydrogens is 456 g/mol. The fourth-order valence-corrected chi connectivity index (χ4v) is 8.62. The van der Waals surface area contributed by atoms with Crippen LogP contribution in [0.25, 0.3) is 0 Å². The number of benzene rings is 2. The Hall–Kier alpha value is -2.88. The van der Waals surface area contributed by atoms with Crippen molar-refractivity contribution in [1.82, 2.24) is 10.6 Å². The second-order valence-electron chi connectivity index (χ2n) is 12.6. The van der Waals surface area contributed by atoms with Gasteiger partial charge in [0.15, 0.2) is 0 Å². The SMILES string of the molecule is C[C@@]12CCC[C@H]1[C@@H]1CCC3NC(=O)C(C(=O)NC(Cc4ccccc4)c4ccccc4)=C[C@]3(C)[C@@H]1CC2. The molecule has 3 aliphatic carbocycles. The van der Waals surface area contributed by atoms with Gasteiger partial charge in [0.05, 0.1) is 6.04 Å². The van der Waals surface area contributed by atoms with Crippen LogP contribution in [0.4, 0.5) is 0 Å². The maximum atomic E-state index is 13.8. The monoisotopic (exact) mass is 496 g/mol. The van der Waals surface area contributed by atoms with Gasteiger partial charge < -0.3 is 10.6 Å². The summed E-state index contributed by atoms with van der Waals surface area (Å²) in [6.07, 6.45) is 11.5. The van der Waals surface area contributed by atoms with E-state index in [0.29, 0.717) is 29.2 Å². The summed E-state index contributed by atoms with van der Waals surface area (Å²) in [6.45, 7) is 4.83. The molecule has 4 nitrogen and oxygen atoms in total. The first kappa shape index (κ1) is 24.5. The van der Waals surface area contributed by atoms with Crippen LogP contribution in [-0.2, 0) is 16.0 Å². The first-order chi connectivity index (χ1) is 17.9. The van der Waals surface area contributed by atoms with Gasteiger partial charge in [-0.15, -0.1) is 0 Å². The van der Waals surface area contributed by atoms with E-state index in [1.54, 1.807) is 0 Å². The summed E-state index contributed by atoms with van der Waals surface area (Å²) in [5.41, 5.74) is 2.82. The number of carbonyl (C=O) groups excluding carboxylic acids is 2. The maximum absolute atomic E-state index is 13.8. The topological polar surface area (TPSA) is 58.2 Å². The predicted molar refractivity (Wildman–Crippen MR) is 146 cm³/mol. The van der Waals surface area contributed by atoms with Gasteiger partial charge in [0.1, 0.15) is 5.57 Å². The molecule has 3 fully saturated rings. The number of hydrogen-bond donors (Lipinski definition) is 2. The minimum absolute atomic E-state index is 0.123. The largest absolute Gasteiger partial charge is 0.348 e. The maximum Gasteiger partial charge on any atom is 0.257 e. The molecular formula is C33H40N2O2. The zero-order chi connectivity index (χ0) is 25.6. The summed E-state index contributed by atoms with van der Waals surface area (Å²) < 4.78 is 0. The normalized spacial score (nSPS) is 35.3. The molecule has 194 valence electrons. The average Bonchev–Trinajstić information content (AvgIpc) is 3.31. The molecule has 1 heterocycles. The molecule has 0 saturated heterocycles. The Bertz CT molecular complexity index is 1190. The summed E-state index contributed by atoms with van der Waals surface area (Å²) in [6, 6.07) is 20.2. The first-order valence-electron chi connectivity index (χ1n) is 14.3. The molecule has 0 bridgehead atoms. The van der Waals surface area contributed by atoms with E-state index in [1.807, 2.05) is 48.5 Å². The Balaban J connectivity index is 1.28. The Kier molecular flexibility index (Phi) is 6.25. The highest BCUT2D eigenvalue weighted by atomic mass is 16.2. The minimum atomic E-state index is -0.259. The lowest BCUT2D eigenvalue weighted by atomic mass is 9.48. The highest BCUT2D eigenvalue weighted by Gasteiger charge is 2.58. The lowest BCUT2D eigenvalue weighted by Crippen LogP contribution is -2.60. The van der Waals surface area contributed by atoms with E-state index in [-0.39, 0.29) is 29.3 Å². The Morgan fingerprint density at radius 1 is 0.946 bits per heavy atom. The van der Waals surface area contributed by atoms with Crippen LogP contribution in [0.3, 0.4) is 0 Å². The minimum Gasteiger partial charge on any atom is -0.348 e. The van der Waals surface area contributed by atoms with Gasteiger partial charge in [0, 0.05) is 11.5 Å². The second kappa shape index (κ2) is 9.45. The summed E-state index contributed by atoms with van der Waals surface area (Å²) in [7, 11) is 0. The summed E-state index contributed by atoms with van der Waals surface area (Å²) in [4.78, 5) is 27.0. The first-order valence-corrected chi connectivity index (χ1v) is 14.3. The van der Waals surface area contributed by atoms with Gasteiger partial charge in [-0.05, 0) is 79.2 Å². The molecule has 4 heteroatoms. The van der Waals surface area contributed by atoms with Crippen molar-refractivity contribution in [3.05, 3.63) is 83.4 Å². The van der Waals surface area contributed by atoms with Crippen molar-refractivity contribution in [3.8, 4) is 0 Å². The third kappa shape index (κ3) is 4.32. The number of amides is 2. The van der Waals surface area contributed by atoms with Crippen molar-refractivity contribution >= 4 is 11.8 Å². The van der Waals surface area contributed by atoms with Crippen LogP contribution in [0.1, 0.15) is 76.0 Å². The summed E-state index contributed by atoms with van der Waals surface area (Å²) in [5, 5.41) is 6.53. The van der Waals surface area contributed by atoms with E-state index in [0.717, 1.165) is 23.5 Å². The van der Waals surface area contributed by atoms with Gasteiger partial charge in [-0.3, -0.25) is 9.59 Å². The second-order valence-corrected chi connectivity index (χ2v) is 12.6. The van der Waals surface area contributed by atoms with Crippen LogP contribution in [0.2, 0.25) is 0 Å². The van der Waals surface area contributed by atoms with Crippen LogP contribution in [0, 0.1) is 28.6 Å². The van der Waals surface area contributed by atoms with Crippen LogP contribution in [0.5, 0.6) is 0 Å². The van der Waals surface area contributed by atoms with Gasteiger partial charge in [-0.1, -0.05) is 87.0 Å². The number of rotatable bonds is 5. The molecule has 6 rings (SSSR count). The van der Waals surface area contributed by atoms with Crippen LogP contribution >= 0.6 is 0 Å². The fourth-order valence-electron chi connectivity index (χ4n) is 8.62. The van der Waals surface area contributed by atoms with Crippen molar-refractivity contribution in [1.29, 1.82) is 0 Å². The molecule has 0 spiro atoms. The van der Waals surface area contributed by atoms with Gasteiger partial charge in [0.25, 0.3) is 11.8 Å². The van der Waals surface area contributed by atoms with Crippen molar-refractivity contribution in [2.45, 2.75) is 77.3 Å². The Morgan fingerprint density at radius 3 is 2.43 bits per heavy atom. The molecule has 4 aliphatic rings. The molecule has 7 atom stereocenters. The van der Waals surface area contributed by atoms with Gasteiger partial charge in [-0.2, -0.15) is 0 Å². The molecule has 37 heavy (non-hydrogen) atoms. The highest BCUT2D eigenvalue weighted by Crippen LogP contribution is 2.63. The molecule has 1 aliphatic heterocycles. The highest BCUT2D eigenvalue weighted by molar-refractivity contribution is 6.19. The van der Waals surface area contributed by atoms with Crippen molar-refractivity contribution in [3.63, 3.8) is 0 Å². The van der Waals surface area contributed by atoms with E-state index in [2.05, 4.69) is 42.7 Å². The standard InChI is InChI=1S/C33H40N2O2/c1-32-18-9-14-26(32)24-15-16-29-33(2,27(24)17-19-32)21-25(31(37)35-29)30(36)34-28(23-12-7-4-8-13-23)20-22-10-5-3-6-11-22/h3-8,10-13,21,24,26-29H,9,14-20H2,1-2H3,(H,34,36)(H,35,37)/t24-,26-,27+,28?,29?,32-,33+/m0/s1. The summed E-state index contributed by atoms with van der Waals surface area (Å²) >= 11 is 0. The lowest BCUT2D eigenvalue weighted by molar-refractivity contribution is -0.128. The molecule has 2 aromatic rings. The average molecular weight is 497 g/mol. The fraction of sp³-hybridized carbons (Fsp3) is 0.515. The molecule has 2 unspecified atom stereocenters. The molecule has 0 radical (unpaired) electrons. The zero-order valence-electron chi connectivity index (χ0n) is 22.2. The van der Waals surface area contributed by atoms with Gasteiger partial charge >= 0.3 is 0 Å². The van der Waals surface area contributed by atoms with Crippen LogP contribution < -0.4 is 10.6 Å². The van der Waals surface area contributed by atoms with E-state index in [4.69, 9.17) is 0 Å². The molecule has 2 aromatic carbocycles. The molecule has 2 amide bonds. The van der Waals surface area contributed by atoms with Crippen molar-refractivity contribution in [2.75, 3.05) is 0 Å². The Labute approximate surface area is 221 Å². The molecule has 0 aromatic heterocycles. The van der Waals surface area contributed by atoms with Crippen LogP contribution in [0.15, 0.2) is 72.3 Å². The van der Waals surface area contributed by atoms with Crippen LogP contribution in [-0.4, -0.2) is 17.9 Å². The van der Waals surface area contributed by atoms with Gasteiger partial charge in [-0.25, -0.2) is 0 Å². The third-order valence-corrected chi connectivity index (χ3v) is 10.6. The number of fused-ring (bicyclic) bond motifs is 5. The van der Waals surface area contributed by atoms with E-state index < -0.39 is 0 Å². The van der Waals surface area contributed by atoms with Crippen molar-refractivity contribution < 1.29 is 9.59 Å². The van der Waals surface area contributed by atoms with E-state index in [1.165, 1.54) is 38.5 Å². The third-order valence-electron chi connectivity index (χ3n) is 10.6. The van der Waals surface area contributed by atoms with Crippen molar-refractivity contribution in [2.24, 2.45) is 28.6 Å². The van der Waals surface area contributed by atoms with E-state index >= 15 is 0 Å². The quantitative estimate of drug-likeness (QED) is 0.488. The number of hydrogen-bond acceptors (Lipinski definition) is 2. The molecule has 3 saturated carbocycles. The number of nitrogens with one attached hydrogen (secondary N) is 2. The number of carbonyl (C=O) groups is 2.